The van der Waals surface area contributed by atoms with Gasteiger partial charge in [0.2, 0.25) is 0 Å². The van der Waals surface area contributed by atoms with Gasteiger partial charge in [-0.25, -0.2) is 4.79 Å². The van der Waals surface area contributed by atoms with Crippen LogP contribution in [0.25, 0.3) is 0 Å². The van der Waals surface area contributed by atoms with Crippen LogP contribution >= 0.6 is 0 Å². The third-order valence-electron chi connectivity index (χ3n) is 5.51. The third-order valence-corrected chi connectivity index (χ3v) is 5.51. The molecule has 0 aromatic heterocycles. The Morgan fingerprint density at radius 1 is 1.21 bits per heavy atom. The molecule has 6 nitrogen and oxygen atoms in total. The topological polar surface area (TPSA) is 60.4 Å². The van der Waals surface area contributed by atoms with Crippen molar-refractivity contribution in [1.29, 1.82) is 0 Å². The van der Waals surface area contributed by atoms with E-state index in [-0.39, 0.29) is 17.7 Å². The average Bonchev–Trinajstić information content (AvgIpc) is 3.02. The minimum absolute atomic E-state index is 0.121. The second-order valence-electron chi connectivity index (χ2n) is 8.63. The summed E-state index contributed by atoms with van der Waals surface area (Å²) in [6.07, 6.45) is 2.25. The molecule has 0 radical (unpaired) electrons. The van der Waals surface area contributed by atoms with E-state index in [0.717, 1.165) is 42.9 Å². The lowest BCUT2D eigenvalue weighted by molar-refractivity contribution is -0.0545. The number of benzene rings is 1. The number of methoxy groups -OCH3 is 1. The summed E-state index contributed by atoms with van der Waals surface area (Å²) in [6.45, 7) is 9.72. The summed E-state index contributed by atoms with van der Waals surface area (Å²) in [7, 11) is 1.67. The standard InChI is InChI=1S/C22H32N2O4/c1-16(17-6-8-18(26-5)9-7-17)23-19-10-15-27-22(19)11-13-24(14-12-22)20(25)28-21(2,3)4/h6-9,19H,10-15H2,1-5H3. The number of aliphatic imine (C=N–C) groups is 1. The molecule has 0 bridgehead atoms. The van der Waals surface area contributed by atoms with Crippen molar-refractivity contribution in [2.24, 2.45) is 4.99 Å². The van der Waals surface area contributed by atoms with Crippen LogP contribution in [-0.4, -0.2) is 60.8 Å². The highest BCUT2D eigenvalue weighted by atomic mass is 16.6. The summed E-state index contributed by atoms with van der Waals surface area (Å²) >= 11 is 0. The van der Waals surface area contributed by atoms with Crippen molar-refractivity contribution in [2.75, 3.05) is 26.8 Å². The van der Waals surface area contributed by atoms with E-state index in [4.69, 9.17) is 19.2 Å². The molecule has 0 saturated carbocycles. The highest BCUT2D eigenvalue weighted by molar-refractivity contribution is 5.99. The van der Waals surface area contributed by atoms with Gasteiger partial charge < -0.3 is 19.1 Å². The molecule has 3 rings (SSSR count). The largest absolute Gasteiger partial charge is 0.497 e. The number of carbonyl (C=O) groups is 1. The molecule has 1 aromatic carbocycles. The van der Waals surface area contributed by atoms with E-state index in [1.807, 2.05) is 52.0 Å². The van der Waals surface area contributed by atoms with Gasteiger partial charge >= 0.3 is 6.09 Å². The maximum absolute atomic E-state index is 12.3. The lowest BCUT2D eigenvalue weighted by atomic mass is 9.84. The van der Waals surface area contributed by atoms with Gasteiger partial charge in [0, 0.05) is 25.4 Å². The van der Waals surface area contributed by atoms with Crippen LogP contribution in [0, 0.1) is 0 Å². The number of rotatable bonds is 3. The molecule has 1 spiro atoms. The number of amides is 1. The summed E-state index contributed by atoms with van der Waals surface area (Å²) in [6, 6.07) is 8.09. The second-order valence-corrected chi connectivity index (χ2v) is 8.63. The van der Waals surface area contributed by atoms with Gasteiger partial charge in [-0.3, -0.25) is 4.99 Å². The van der Waals surface area contributed by atoms with E-state index >= 15 is 0 Å². The molecule has 2 heterocycles. The molecule has 2 aliphatic rings. The Morgan fingerprint density at radius 2 is 1.86 bits per heavy atom. The van der Waals surface area contributed by atoms with Crippen LogP contribution in [0.15, 0.2) is 29.3 Å². The number of ether oxygens (including phenoxy) is 3. The van der Waals surface area contributed by atoms with Crippen molar-refractivity contribution >= 4 is 11.8 Å². The van der Waals surface area contributed by atoms with Crippen LogP contribution in [0.4, 0.5) is 4.79 Å². The maximum Gasteiger partial charge on any atom is 0.410 e. The highest BCUT2D eigenvalue weighted by Gasteiger charge is 2.47. The van der Waals surface area contributed by atoms with E-state index < -0.39 is 5.60 Å². The van der Waals surface area contributed by atoms with Crippen LogP contribution in [0.1, 0.15) is 52.5 Å². The molecule has 28 heavy (non-hydrogen) atoms. The monoisotopic (exact) mass is 388 g/mol. The molecule has 0 aliphatic carbocycles. The fourth-order valence-corrected chi connectivity index (χ4v) is 3.93. The first-order valence-electron chi connectivity index (χ1n) is 10.0. The van der Waals surface area contributed by atoms with Gasteiger partial charge in [0.05, 0.1) is 18.8 Å². The molecule has 154 valence electrons. The van der Waals surface area contributed by atoms with E-state index in [0.29, 0.717) is 13.1 Å². The van der Waals surface area contributed by atoms with Crippen LogP contribution in [-0.2, 0) is 9.47 Å². The molecule has 0 N–H and O–H groups in total. The smallest absolute Gasteiger partial charge is 0.410 e. The number of hydrogen-bond acceptors (Lipinski definition) is 5. The summed E-state index contributed by atoms with van der Waals surface area (Å²) in [5.41, 5.74) is 1.35. The molecule has 6 heteroatoms. The average molecular weight is 389 g/mol. The Hall–Kier alpha value is -2.08. The Kier molecular flexibility index (Phi) is 5.98. The van der Waals surface area contributed by atoms with Crippen molar-refractivity contribution in [2.45, 2.75) is 64.2 Å². The van der Waals surface area contributed by atoms with Gasteiger partial charge in [-0.2, -0.15) is 0 Å². The predicted octanol–water partition coefficient (Wildman–Crippen LogP) is 4.06. The Labute approximate surface area is 167 Å². The molecule has 2 saturated heterocycles. The van der Waals surface area contributed by atoms with Gasteiger partial charge in [-0.15, -0.1) is 0 Å². The van der Waals surface area contributed by atoms with Gasteiger partial charge in [0.1, 0.15) is 11.4 Å². The number of likely N-dealkylation sites (tertiary alicyclic amines) is 1. The summed E-state index contributed by atoms with van der Waals surface area (Å²) in [4.78, 5) is 19.1. The van der Waals surface area contributed by atoms with E-state index in [1.54, 1.807) is 12.0 Å². The summed E-state index contributed by atoms with van der Waals surface area (Å²) in [5.74, 6) is 0.840. The highest BCUT2D eigenvalue weighted by Crippen LogP contribution is 2.38. The van der Waals surface area contributed by atoms with Crippen molar-refractivity contribution in [3.8, 4) is 5.75 Å². The normalized spacial score (nSPS) is 22.4. The zero-order valence-corrected chi connectivity index (χ0v) is 17.7. The molecular weight excluding hydrogens is 356 g/mol. The molecular formula is C22H32N2O4. The van der Waals surface area contributed by atoms with Crippen molar-refractivity contribution in [3.05, 3.63) is 29.8 Å². The van der Waals surface area contributed by atoms with Crippen molar-refractivity contribution in [3.63, 3.8) is 0 Å². The maximum atomic E-state index is 12.3. The first-order chi connectivity index (χ1) is 13.2. The third kappa shape index (κ3) is 4.66. The lowest BCUT2D eigenvalue weighted by Crippen LogP contribution is -2.51. The van der Waals surface area contributed by atoms with Crippen LogP contribution < -0.4 is 4.74 Å². The molecule has 1 atom stereocenters. The molecule has 2 fully saturated rings. The van der Waals surface area contributed by atoms with Gasteiger partial charge in [0.15, 0.2) is 0 Å². The molecule has 1 amide bonds. The lowest BCUT2D eigenvalue weighted by Gasteiger charge is -2.41. The molecule has 2 aliphatic heterocycles. The number of piperidine rings is 1. The Bertz CT molecular complexity index is 713. The van der Waals surface area contributed by atoms with Gasteiger partial charge in [-0.05, 0) is 76.8 Å². The zero-order valence-electron chi connectivity index (χ0n) is 17.7. The summed E-state index contributed by atoms with van der Waals surface area (Å²) < 4.78 is 16.9. The van der Waals surface area contributed by atoms with Gasteiger partial charge in [0.25, 0.3) is 0 Å². The fourth-order valence-electron chi connectivity index (χ4n) is 3.93. The number of carbonyl (C=O) groups excluding carboxylic acids is 1. The zero-order chi connectivity index (χ0) is 20.4. The van der Waals surface area contributed by atoms with Crippen molar-refractivity contribution in [1.82, 2.24) is 4.90 Å². The Morgan fingerprint density at radius 3 is 2.43 bits per heavy atom. The second kappa shape index (κ2) is 8.11. The quantitative estimate of drug-likeness (QED) is 0.733. The predicted molar refractivity (Wildman–Crippen MR) is 109 cm³/mol. The minimum atomic E-state index is -0.474. The van der Waals surface area contributed by atoms with E-state index in [2.05, 4.69) is 0 Å². The first kappa shape index (κ1) is 20.6. The van der Waals surface area contributed by atoms with Crippen molar-refractivity contribution < 1.29 is 19.0 Å². The van der Waals surface area contributed by atoms with Gasteiger partial charge in [-0.1, -0.05) is 0 Å². The van der Waals surface area contributed by atoms with Crippen LogP contribution in [0.3, 0.4) is 0 Å². The SMILES string of the molecule is COc1ccc(C(C)=NC2CCOC23CCN(C(=O)OC(C)(C)C)CC3)cc1. The first-order valence-corrected chi connectivity index (χ1v) is 10.0. The van der Waals surface area contributed by atoms with E-state index in [9.17, 15) is 4.79 Å². The van der Waals surface area contributed by atoms with Crippen LogP contribution in [0.2, 0.25) is 0 Å². The molecule has 1 unspecified atom stereocenters. The Balaban J connectivity index is 1.66. The van der Waals surface area contributed by atoms with Crippen LogP contribution in [0.5, 0.6) is 5.75 Å². The minimum Gasteiger partial charge on any atom is -0.497 e. The fraction of sp³-hybridized carbons (Fsp3) is 0.636. The molecule has 1 aromatic rings. The van der Waals surface area contributed by atoms with E-state index in [1.165, 1.54) is 0 Å². The summed E-state index contributed by atoms with van der Waals surface area (Å²) in [5, 5.41) is 0. The number of hydrogen-bond donors (Lipinski definition) is 0. The number of nitrogens with zero attached hydrogens (tertiary/aromatic N) is 2.